The fourth-order valence-electron chi connectivity index (χ4n) is 1.54. The molecule has 2 aromatic rings. The number of nitrogens with two attached hydrogens (primary N) is 1. The molecule has 0 aliphatic rings. The maximum absolute atomic E-state index is 14.1. The van der Waals surface area contributed by atoms with E-state index in [2.05, 4.69) is 15.9 Å². The minimum absolute atomic E-state index is 0.247. The zero-order valence-corrected chi connectivity index (χ0v) is 12.3. The summed E-state index contributed by atoms with van der Waals surface area (Å²) in [5.41, 5.74) is 7.51. The van der Waals surface area contributed by atoms with E-state index < -0.39 is 0 Å². The van der Waals surface area contributed by atoms with Crippen LogP contribution in [0.4, 0.5) is 4.39 Å². The largest absolute Gasteiger partial charge is 0.326 e. The van der Waals surface area contributed by atoms with Gasteiger partial charge < -0.3 is 5.73 Å². The molecule has 0 aliphatic heterocycles. The van der Waals surface area contributed by atoms with Crippen LogP contribution in [-0.4, -0.2) is 0 Å². The van der Waals surface area contributed by atoms with Crippen LogP contribution in [0.1, 0.15) is 11.1 Å². The zero-order valence-electron chi connectivity index (χ0n) is 9.91. The Bertz CT molecular complexity index is 554. The lowest BCUT2D eigenvalue weighted by Crippen LogP contribution is -1.99. The molecule has 0 radical (unpaired) electrons. The molecule has 0 bridgehead atoms. The van der Waals surface area contributed by atoms with Crippen molar-refractivity contribution in [2.45, 2.75) is 23.3 Å². The molecule has 94 valence electrons. The van der Waals surface area contributed by atoms with E-state index >= 15 is 0 Å². The van der Waals surface area contributed by atoms with E-state index in [4.69, 9.17) is 5.73 Å². The van der Waals surface area contributed by atoms with Gasteiger partial charge in [0, 0.05) is 16.3 Å². The molecular formula is C14H13BrFNS. The summed E-state index contributed by atoms with van der Waals surface area (Å²) in [4.78, 5) is 1.62. The molecule has 0 unspecified atom stereocenters. The molecule has 1 nitrogen and oxygen atoms in total. The van der Waals surface area contributed by atoms with Gasteiger partial charge in [0.25, 0.3) is 0 Å². The fraction of sp³-hybridized carbons (Fsp3) is 0.143. The maximum atomic E-state index is 14.1. The van der Waals surface area contributed by atoms with Gasteiger partial charge in [-0.25, -0.2) is 4.39 Å². The number of rotatable bonds is 3. The topological polar surface area (TPSA) is 26.0 Å². The molecule has 4 heteroatoms. The Hall–Kier alpha value is -0.840. The highest BCUT2D eigenvalue weighted by molar-refractivity contribution is 9.10. The van der Waals surface area contributed by atoms with Crippen LogP contribution in [0, 0.1) is 12.7 Å². The van der Waals surface area contributed by atoms with Gasteiger partial charge in [0.1, 0.15) is 0 Å². The molecule has 0 aliphatic carbocycles. The first-order chi connectivity index (χ1) is 8.61. The van der Waals surface area contributed by atoms with Crippen LogP contribution >= 0.6 is 27.7 Å². The minimum atomic E-state index is -0.247. The number of hydrogen-bond donors (Lipinski definition) is 1. The average molecular weight is 326 g/mol. The molecule has 0 amide bonds. The van der Waals surface area contributed by atoms with Gasteiger partial charge in [-0.3, -0.25) is 0 Å². The second-order valence-corrected chi connectivity index (χ2v) is 5.88. The normalized spacial score (nSPS) is 10.7. The van der Waals surface area contributed by atoms with Crippen LogP contribution in [0.2, 0.25) is 0 Å². The highest BCUT2D eigenvalue weighted by atomic mass is 79.9. The zero-order chi connectivity index (χ0) is 13.1. The minimum Gasteiger partial charge on any atom is -0.326 e. The monoisotopic (exact) mass is 325 g/mol. The lowest BCUT2D eigenvalue weighted by molar-refractivity contribution is 0.592. The van der Waals surface area contributed by atoms with Crippen molar-refractivity contribution in [1.82, 2.24) is 0 Å². The Labute approximate surface area is 119 Å². The van der Waals surface area contributed by atoms with Crippen LogP contribution in [0.5, 0.6) is 0 Å². The van der Waals surface area contributed by atoms with Crippen LogP contribution in [0.25, 0.3) is 0 Å². The third-order valence-corrected chi connectivity index (χ3v) is 4.50. The first-order valence-corrected chi connectivity index (χ1v) is 7.14. The van der Waals surface area contributed by atoms with Crippen LogP contribution in [0.15, 0.2) is 50.7 Å². The van der Waals surface area contributed by atoms with Crippen molar-refractivity contribution in [3.05, 3.63) is 57.8 Å². The Kier molecular flexibility index (Phi) is 4.43. The molecule has 0 saturated carbocycles. The number of aryl methyl sites for hydroxylation is 1. The summed E-state index contributed by atoms with van der Waals surface area (Å²) >= 11 is 4.66. The predicted molar refractivity (Wildman–Crippen MR) is 77.3 cm³/mol. The Morgan fingerprint density at radius 3 is 2.44 bits per heavy atom. The lowest BCUT2D eigenvalue weighted by Gasteiger charge is -2.08. The van der Waals surface area contributed by atoms with Gasteiger partial charge in [0.05, 0.1) is 4.47 Å². The van der Waals surface area contributed by atoms with E-state index in [1.54, 1.807) is 6.07 Å². The first-order valence-electron chi connectivity index (χ1n) is 5.53. The van der Waals surface area contributed by atoms with Crippen molar-refractivity contribution in [3.8, 4) is 0 Å². The maximum Gasteiger partial charge on any atom is 0.151 e. The average Bonchev–Trinajstić information content (AvgIpc) is 2.38. The highest BCUT2D eigenvalue weighted by Gasteiger charge is 2.11. The van der Waals surface area contributed by atoms with E-state index in [9.17, 15) is 4.39 Å². The summed E-state index contributed by atoms with van der Waals surface area (Å²) in [6, 6.07) is 11.6. The van der Waals surface area contributed by atoms with Crippen molar-refractivity contribution in [1.29, 1.82) is 0 Å². The van der Waals surface area contributed by atoms with Crippen LogP contribution in [-0.2, 0) is 6.54 Å². The predicted octanol–water partition coefficient (Wildman–Crippen LogP) is 4.51. The quantitative estimate of drug-likeness (QED) is 0.898. The summed E-state index contributed by atoms with van der Waals surface area (Å²) in [7, 11) is 0. The SMILES string of the molecule is Cc1ccc(Sc2ccc(CN)c(Br)c2F)cc1. The molecule has 2 aromatic carbocycles. The van der Waals surface area contributed by atoms with Gasteiger partial charge >= 0.3 is 0 Å². The van der Waals surface area contributed by atoms with Gasteiger partial charge in [0.2, 0.25) is 0 Å². The van der Waals surface area contributed by atoms with Crippen molar-refractivity contribution < 1.29 is 4.39 Å². The van der Waals surface area contributed by atoms with Gasteiger partial charge in [-0.05, 0) is 46.6 Å². The standard InChI is InChI=1S/C14H13BrFNS/c1-9-2-5-11(6-3-9)18-12-7-4-10(8-17)13(15)14(12)16/h2-7H,8,17H2,1H3. The van der Waals surface area contributed by atoms with Crippen LogP contribution < -0.4 is 5.73 Å². The molecule has 2 N–H and O–H groups in total. The van der Waals surface area contributed by atoms with Gasteiger partial charge in [-0.2, -0.15) is 0 Å². The molecule has 2 rings (SSSR count). The molecule has 0 spiro atoms. The second kappa shape index (κ2) is 5.87. The summed E-state index contributed by atoms with van der Waals surface area (Å²) in [6.07, 6.45) is 0. The fourth-order valence-corrected chi connectivity index (χ4v) is 3.03. The smallest absolute Gasteiger partial charge is 0.151 e. The lowest BCUT2D eigenvalue weighted by atomic mass is 10.2. The van der Waals surface area contributed by atoms with Crippen molar-refractivity contribution in [2.75, 3.05) is 0 Å². The molecule has 0 fully saturated rings. The Balaban J connectivity index is 2.29. The number of hydrogen-bond acceptors (Lipinski definition) is 2. The van der Waals surface area contributed by atoms with Crippen molar-refractivity contribution in [2.24, 2.45) is 5.73 Å². The third-order valence-electron chi connectivity index (χ3n) is 2.60. The highest BCUT2D eigenvalue weighted by Crippen LogP contribution is 2.34. The number of halogens is 2. The van der Waals surface area contributed by atoms with Crippen molar-refractivity contribution in [3.63, 3.8) is 0 Å². The summed E-state index contributed by atoms with van der Waals surface area (Å²) in [5.74, 6) is -0.247. The third kappa shape index (κ3) is 2.94. The molecule has 0 heterocycles. The molecule has 0 atom stereocenters. The van der Waals surface area contributed by atoms with E-state index in [0.29, 0.717) is 15.9 Å². The first kappa shape index (κ1) is 13.6. The van der Waals surface area contributed by atoms with Gasteiger partial charge in [-0.1, -0.05) is 35.5 Å². The summed E-state index contributed by atoms with van der Waals surface area (Å²) in [5, 5.41) is 0. The van der Waals surface area contributed by atoms with E-state index in [0.717, 1.165) is 10.5 Å². The second-order valence-electron chi connectivity index (χ2n) is 3.97. The summed E-state index contributed by atoms with van der Waals surface area (Å²) < 4.78 is 14.6. The van der Waals surface area contributed by atoms with Gasteiger partial charge in [-0.15, -0.1) is 0 Å². The van der Waals surface area contributed by atoms with E-state index in [1.165, 1.54) is 17.3 Å². The molecule has 0 aromatic heterocycles. The Morgan fingerprint density at radius 1 is 1.17 bits per heavy atom. The van der Waals surface area contributed by atoms with E-state index in [1.807, 2.05) is 37.3 Å². The van der Waals surface area contributed by atoms with Gasteiger partial charge in [0.15, 0.2) is 5.82 Å². The molecular weight excluding hydrogens is 313 g/mol. The number of benzene rings is 2. The van der Waals surface area contributed by atoms with Crippen LogP contribution in [0.3, 0.4) is 0 Å². The summed E-state index contributed by atoms with van der Waals surface area (Å²) in [6.45, 7) is 2.36. The molecule has 18 heavy (non-hydrogen) atoms. The van der Waals surface area contributed by atoms with E-state index in [-0.39, 0.29) is 5.82 Å². The Morgan fingerprint density at radius 2 is 1.83 bits per heavy atom. The van der Waals surface area contributed by atoms with Crippen molar-refractivity contribution >= 4 is 27.7 Å². The molecule has 0 saturated heterocycles.